The van der Waals surface area contributed by atoms with Gasteiger partial charge < -0.3 is 14.6 Å². The first kappa shape index (κ1) is 20.8. The number of carbonyl (C=O) groups is 1. The number of aryl methyl sites for hydroxylation is 1. The van der Waals surface area contributed by atoms with E-state index in [2.05, 4.69) is 4.98 Å². The fourth-order valence-corrected chi connectivity index (χ4v) is 4.53. The number of carbonyl (C=O) groups excluding carboxylic acids is 1. The molecule has 33 heavy (non-hydrogen) atoms. The number of fused-ring (bicyclic) bond motifs is 1. The van der Waals surface area contributed by atoms with E-state index in [-0.39, 0.29) is 22.1 Å². The Morgan fingerprint density at radius 2 is 1.82 bits per heavy atom. The molecule has 3 heterocycles. The van der Waals surface area contributed by atoms with Gasteiger partial charge in [0.05, 0.1) is 21.5 Å². The van der Waals surface area contributed by atoms with E-state index < -0.39 is 40.4 Å². The number of aromatic hydroxyl groups is 2. The average molecular weight is 470 g/mol. The van der Waals surface area contributed by atoms with E-state index in [0.29, 0.717) is 16.0 Å². The van der Waals surface area contributed by atoms with Gasteiger partial charge in [0.25, 0.3) is 0 Å². The van der Waals surface area contributed by atoms with Crippen LogP contribution in [-0.2, 0) is 0 Å². The van der Waals surface area contributed by atoms with Crippen LogP contribution in [0.1, 0.15) is 21.9 Å². The van der Waals surface area contributed by atoms with Crippen molar-refractivity contribution < 1.29 is 32.6 Å². The smallest absolute Gasteiger partial charge is 0.242 e. The Morgan fingerprint density at radius 1 is 1.03 bits per heavy atom. The Balaban J connectivity index is 1.83. The highest BCUT2D eigenvalue weighted by Gasteiger charge is 2.32. The molecule has 166 valence electrons. The van der Waals surface area contributed by atoms with E-state index in [1.54, 1.807) is 13.0 Å². The van der Waals surface area contributed by atoms with E-state index in [1.807, 2.05) is 0 Å². The van der Waals surface area contributed by atoms with Gasteiger partial charge >= 0.3 is 0 Å². The van der Waals surface area contributed by atoms with Gasteiger partial charge in [0.2, 0.25) is 11.7 Å². The molecule has 0 aliphatic heterocycles. The maximum absolute atomic E-state index is 14.1. The highest BCUT2D eigenvalue weighted by Crippen LogP contribution is 2.45. The molecule has 0 spiro atoms. The van der Waals surface area contributed by atoms with Crippen LogP contribution in [0.4, 0.5) is 13.2 Å². The minimum atomic E-state index is -1.20. The number of ketones is 1. The lowest BCUT2D eigenvalue weighted by Gasteiger charge is -2.09. The van der Waals surface area contributed by atoms with Gasteiger partial charge in [-0.15, -0.1) is 0 Å². The standard InChI is InChI=1S/C23H13F3N2O4S/c1-10-2-7-16(32-10)20(29)18-19(11-3-5-13(25)14(26)8-11)28(22(31)21(18)30)23-27-15-6-4-12(24)9-17(15)33-23/h2-9,30-31H,1H3. The van der Waals surface area contributed by atoms with Crippen LogP contribution in [0.25, 0.3) is 26.6 Å². The lowest BCUT2D eigenvalue weighted by atomic mass is 10.0. The molecule has 0 saturated heterocycles. The molecule has 10 heteroatoms. The Labute approximate surface area is 187 Å². The summed E-state index contributed by atoms with van der Waals surface area (Å²) in [7, 11) is 0. The second-order valence-corrected chi connectivity index (χ2v) is 8.22. The predicted octanol–water partition coefficient (Wildman–Crippen LogP) is 5.71. The molecule has 0 aliphatic rings. The van der Waals surface area contributed by atoms with Crippen LogP contribution in [0.5, 0.6) is 11.6 Å². The summed E-state index contributed by atoms with van der Waals surface area (Å²) in [5, 5.41) is 21.6. The average Bonchev–Trinajstić information content (AvgIpc) is 3.46. The fourth-order valence-electron chi connectivity index (χ4n) is 3.53. The number of thiazole rings is 1. The number of nitrogens with zero attached hydrogens (tertiary/aromatic N) is 2. The molecule has 0 bridgehead atoms. The lowest BCUT2D eigenvalue weighted by Crippen LogP contribution is -2.04. The molecule has 0 unspecified atom stereocenters. The summed E-state index contributed by atoms with van der Waals surface area (Å²) in [5.41, 5.74) is -0.142. The van der Waals surface area contributed by atoms with Gasteiger partial charge in [-0.2, -0.15) is 0 Å². The Bertz CT molecular complexity index is 1570. The summed E-state index contributed by atoms with van der Waals surface area (Å²) in [6, 6.07) is 9.70. The first-order valence-corrected chi connectivity index (χ1v) is 10.4. The first-order chi connectivity index (χ1) is 15.7. The molecule has 6 nitrogen and oxygen atoms in total. The summed E-state index contributed by atoms with van der Waals surface area (Å²) in [6.07, 6.45) is 0. The zero-order valence-electron chi connectivity index (χ0n) is 16.8. The summed E-state index contributed by atoms with van der Waals surface area (Å²) in [6.45, 7) is 1.62. The van der Waals surface area contributed by atoms with Crippen molar-refractivity contribution >= 4 is 27.3 Å². The molecule has 0 fully saturated rings. The Morgan fingerprint density at radius 3 is 2.52 bits per heavy atom. The number of halogens is 3. The summed E-state index contributed by atoms with van der Waals surface area (Å²) in [4.78, 5) is 17.6. The van der Waals surface area contributed by atoms with Crippen LogP contribution in [0.3, 0.4) is 0 Å². The fraction of sp³-hybridized carbons (Fsp3) is 0.0435. The van der Waals surface area contributed by atoms with Crippen LogP contribution in [0, 0.1) is 24.4 Å². The van der Waals surface area contributed by atoms with Gasteiger partial charge in [0, 0.05) is 5.56 Å². The van der Waals surface area contributed by atoms with Gasteiger partial charge in [0.15, 0.2) is 28.3 Å². The van der Waals surface area contributed by atoms with Crippen LogP contribution in [0.2, 0.25) is 0 Å². The maximum Gasteiger partial charge on any atom is 0.242 e. The molecular weight excluding hydrogens is 457 g/mol. The SMILES string of the molecule is Cc1ccc(C(=O)c2c(O)c(O)n(-c3nc4ccc(F)cc4s3)c2-c2ccc(F)c(F)c2)o1. The molecule has 0 radical (unpaired) electrons. The molecule has 2 aromatic carbocycles. The predicted molar refractivity (Wildman–Crippen MR) is 114 cm³/mol. The van der Waals surface area contributed by atoms with E-state index in [4.69, 9.17) is 4.42 Å². The second kappa shape index (κ2) is 7.52. The largest absolute Gasteiger partial charge is 0.503 e. The van der Waals surface area contributed by atoms with Crippen molar-refractivity contribution in [3.8, 4) is 28.0 Å². The number of rotatable bonds is 4. The topological polar surface area (TPSA) is 88.5 Å². The van der Waals surface area contributed by atoms with Crippen LogP contribution in [0.15, 0.2) is 52.9 Å². The molecule has 3 aromatic heterocycles. The molecule has 0 atom stereocenters. The number of aromatic nitrogens is 2. The van der Waals surface area contributed by atoms with Crippen molar-refractivity contribution in [3.63, 3.8) is 0 Å². The highest BCUT2D eigenvalue weighted by atomic mass is 32.1. The van der Waals surface area contributed by atoms with Crippen molar-refractivity contribution in [1.82, 2.24) is 9.55 Å². The van der Waals surface area contributed by atoms with Gasteiger partial charge in [-0.05, 0) is 55.5 Å². The van der Waals surface area contributed by atoms with Crippen molar-refractivity contribution in [1.29, 1.82) is 0 Å². The molecule has 2 N–H and O–H groups in total. The lowest BCUT2D eigenvalue weighted by molar-refractivity contribution is 0.101. The quantitative estimate of drug-likeness (QED) is 0.328. The molecule has 5 aromatic rings. The number of benzene rings is 2. The maximum atomic E-state index is 14.1. The minimum Gasteiger partial charge on any atom is -0.503 e. The first-order valence-electron chi connectivity index (χ1n) is 9.54. The Hall–Kier alpha value is -4.05. The van der Waals surface area contributed by atoms with Crippen molar-refractivity contribution in [2.24, 2.45) is 0 Å². The zero-order chi connectivity index (χ0) is 23.4. The zero-order valence-corrected chi connectivity index (χ0v) is 17.6. The normalized spacial score (nSPS) is 11.4. The van der Waals surface area contributed by atoms with Gasteiger partial charge in [-0.1, -0.05) is 11.3 Å². The van der Waals surface area contributed by atoms with Gasteiger partial charge in [-0.3, -0.25) is 9.36 Å². The molecular formula is C23H13F3N2O4S. The summed E-state index contributed by atoms with van der Waals surface area (Å²) in [5.74, 6) is -4.84. The third-order valence-corrected chi connectivity index (χ3v) is 6.04. The number of hydrogen-bond acceptors (Lipinski definition) is 6. The van der Waals surface area contributed by atoms with Crippen LogP contribution < -0.4 is 0 Å². The number of hydrogen-bond donors (Lipinski definition) is 2. The monoisotopic (exact) mass is 470 g/mol. The van der Waals surface area contributed by atoms with Crippen molar-refractivity contribution in [3.05, 3.63) is 83.1 Å². The summed E-state index contributed by atoms with van der Waals surface area (Å²) < 4.78 is 48.2. The number of furan rings is 1. The molecule has 0 amide bonds. The minimum absolute atomic E-state index is 0.0124. The summed E-state index contributed by atoms with van der Waals surface area (Å²) >= 11 is 0.967. The van der Waals surface area contributed by atoms with Crippen LogP contribution in [-0.4, -0.2) is 25.5 Å². The van der Waals surface area contributed by atoms with Crippen LogP contribution >= 0.6 is 11.3 Å². The third kappa shape index (κ3) is 3.35. The molecule has 0 saturated carbocycles. The Kier molecular flexibility index (Phi) is 4.75. The van der Waals surface area contributed by atoms with Crippen molar-refractivity contribution in [2.45, 2.75) is 6.92 Å². The van der Waals surface area contributed by atoms with Gasteiger partial charge in [-0.25, -0.2) is 18.2 Å². The van der Waals surface area contributed by atoms with E-state index in [9.17, 15) is 28.2 Å². The molecule has 0 aliphatic carbocycles. The van der Waals surface area contributed by atoms with E-state index >= 15 is 0 Å². The molecule has 5 rings (SSSR count). The second-order valence-electron chi connectivity index (χ2n) is 7.21. The van der Waals surface area contributed by atoms with E-state index in [1.165, 1.54) is 30.3 Å². The van der Waals surface area contributed by atoms with Crippen molar-refractivity contribution in [2.75, 3.05) is 0 Å². The van der Waals surface area contributed by atoms with E-state index in [0.717, 1.165) is 28.0 Å². The van der Waals surface area contributed by atoms with Gasteiger partial charge in [0.1, 0.15) is 11.6 Å². The highest BCUT2D eigenvalue weighted by molar-refractivity contribution is 7.20. The third-order valence-electron chi connectivity index (χ3n) is 5.04.